The van der Waals surface area contributed by atoms with E-state index in [1.165, 1.54) is 0 Å². The SMILES string of the molecule is COCC(CO)NCCN1CCN(C)CC1. The molecule has 2 N–H and O–H groups in total. The van der Waals surface area contributed by atoms with Gasteiger partial charge >= 0.3 is 0 Å². The van der Waals surface area contributed by atoms with Crippen LogP contribution in [0.3, 0.4) is 0 Å². The van der Waals surface area contributed by atoms with Crippen molar-refractivity contribution in [2.75, 3.05) is 66.6 Å². The predicted molar refractivity (Wildman–Crippen MR) is 64.7 cm³/mol. The fraction of sp³-hybridized carbons (Fsp3) is 1.00. The van der Waals surface area contributed by atoms with Crippen LogP contribution in [0.25, 0.3) is 0 Å². The number of nitrogens with zero attached hydrogens (tertiary/aromatic N) is 2. The Morgan fingerprint density at radius 2 is 2.00 bits per heavy atom. The van der Waals surface area contributed by atoms with E-state index in [9.17, 15) is 0 Å². The smallest absolute Gasteiger partial charge is 0.0638 e. The number of rotatable bonds is 7. The summed E-state index contributed by atoms with van der Waals surface area (Å²) >= 11 is 0. The van der Waals surface area contributed by atoms with Gasteiger partial charge < -0.3 is 20.1 Å². The highest BCUT2D eigenvalue weighted by Gasteiger charge is 2.13. The Hall–Kier alpha value is -0.200. The van der Waals surface area contributed by atoms with Crippen LogP contribution < -0.4 is 5.32 Å². The van der Waals surface area contributed by atoms with E-state index in [0.29, 0.717) is 6.61 Å². The first-order valence-corrected chi connectivity index (χ1v) is 6.00. The molecule has 0 saturated carbocycles. The first-order chi connectivity index (χ1) is 7.76. The zero-order chi connectivity index (χ0) is 11.8. The summed E-state index contributed by atoms with van der Waals surface area (Å²) in [5.41, 5.74) is 0. The molecule has 1 fully saturated rings. The Balaban J connectivity index is 2.05. The molecule has 0 radical (unpaired) electrons. The number of ether oxygens (including phenoxy) is 1. The van der Waals surface area contributed by atoms with Crippen molar-refractivity contribution in [3.8, 4) is 0 Å². The second-order valence-electron chi connectivity index (χ2n) is 4.43. The largest absolute Gasteiger partial charge is 0.395 e. The summed E-state index contributed by atoms with van der Waals surface area (Å²) in [5, 5.41) is 12.4. The molecule has 0 aromatic heterocycles. The minimum atomic E-state index is 0.0671. The number of nitrogens with one attached hydrogen (secondary N) is 1. The zero-order valence-corrected chi connectivity index (χ0v) is 10.5. The summed E-state index contributed by atoms with van der Waals surface area (Å²) in [4.78, 5) is 4.81. The summed E-state index contributed by atoms with van der Waals surface area (Å²) in [5.74, 6) is 0. The van der Waals surface area contributed by atoms with Gasteiger partial charge in [-0.3, -0.25) is 4.90 Å². The van der Waals surface area contributed by atoms with Crippen molar-refractivity contribution in [2.45, 2.75) is 6.04 Å². The Kier molecular flexibility index (Phi) is 6.91. The molecule has 0 aromatic rings. The van der Waals surface area contributed by atoms with Crippen molar-refractivity contribution in [1.29, 1.82) is 0 Å². The first-order valence-electron chi connectivity index (χ1n) is 6.00. The lowest BCUT2D eigenvalue weighted by Crippen LogP contribution is -2.48. The lowest BCUT2D eigenvalue weighted by molar-refractivity contribution is 0.120. The van der Waals surface area contributed by atoms with Crippen molar-refractivity contribution in [2.24, 2.45) is 0 Å². The normalized spacial score (nSPS) is 21.2. The van der Waals surface area contributed by atoms with Crippen molar-refractivity contribution < 1.29 is 9.84 Å². The molecule has 16 heavy (non-hydrogen) atoms. The van der Waals surface area contributed by atoms with E-state index in [1.807, 2.05) is 0 Å². The third-order valence-corrected chi connectivity index (χ3v) is 3.05. The molecule has 1 rings (SSSR count). The van der Waals surface area contributed by atoms with E-state index in [1.54, 1.807) is 7.11 Å². The van der Waals surface area contributed by atoms with Crippen molar-refractivity contribution >= 4 is 0 Å². The number of piperazine rings is 1. The number of aliphatic hydroxyl groups is 1. The Labute approximate surface area is 98.4 Å². The Morgan fingerprint density at radius 3 is 2.56 bits per heavy atom. The van der Waals surface area contributed by atoms with E-state index in [2.05, 4.69) is 22.2 Å². The average molecular weight is 231 g/mol. The van der Waals surface area contributed by atoms with Gasteiger partial charge in [-0.25, -0.2) is 0 Å². The van der Waals surface area contributed by atoms with Gasteiger partial charge in [0.15, 0.2) is 0 Å². The zero-order valence-electron chi connectivity index (χ0n) is 10.5. The first kappa shape index (κ1) is 13.9. The molecular weight excluding hydrogens is 206 g/mol. The minimum absolute atomic E-state index is 0.0671. The van der Waals surface area contributed by atoms with Crippen molar-refractivity contribution in [3.05, 3.63) is 0 Å². The standard InChI is InChI=1S/C11H25N3O2/c1-13-5-7-14(8-6-13)4-3-12-11(9-15)10-16-2/h11-12,15H,3-10H2,1-2H3. The van der Waals surface area contributed by atoms with Crippen LogP contribution in [0.1, 0.15) is 0 Å². The summed E-state index contributed by atoms with van der Waals surface area (Å²) in [6, 6.07) is 0.0671. The van der Waals surface area contributed by atoms with Crippen LogP contribution in [-0.2, 0) is 4.74 Å². The van der Waals surface area contributed by atoms with Gasteiger partial charge in [-0.15, -0.1) is 0 Å². The molecule has 96 valence electrons. The highest BCUT2D eigenvalue weighted by molar-refractivity contribution is 4.71. The van der Waals surface area contributed by atoms with Gasteiger partial charge in [0, 0.05) is 46.4 Å². The highest BCUT2D eigenvalue weighted by atomic mass is 16.5. The van der Waals surface area contributed by atoms with Gasteiger partial charge in [0.1, 0.15) is 0 Å². The molecule has 0 aliphatic carbocycles. The molecule has 1 atom stereocenters. The summed E-state index contributed by atoms with van der Waals surface area (Å²) in [6.45, 7) is 7.27. The third-order valence-electron chi connectivity index (χ3n) is 3.05. The third kappa shape index (κ3) is 5.23. The predicted octanol–water partition coefficient (Wildman–Crippen LogP) is -1.17. The quantitative estimate of drug-likeness (QED) is 0.578. The molecule has 1 aliphatic rings. The molecule has 1 saturated heterocycles. The number of likely N-dealkylation sites (N-methyl/N-ethyl adjacent to an activating group) is 1. The molecule has 5 heteroatoms. The fourth-order valence-electron chi connectivity index (χ4n) is 1.88. The maximum atomic E-state index is 9.07. The van der Waals surface area contributed by atoms with Crippen LogP contribution in [0.15, 0.2) is 0 Å². The lowest BCUT2D eigenvalue weighted by Gasteiger charge is -2.32. The molecular formula is C11H25N3O2. The van der Waals surface area contributed by atoms with Crippen LogP contribution in [0.2, 0.25) is 0 Å². The van der Waals surface area contributed by atoms with Crippen LogP contribution in [0.5, 0.6) is 0 Å². The van der Waals surface area contributed by atoms with Gasteiger partial charge in [-0.1, -0.05) is 0 Å². The summed E-state index contributed by atoms with van der Waals surface area (Å²) in [7, 11) is 3.82. The second-order valence-corrected chi connectivity index (χ2v) is 4.43. The number of hydrogen-bond acceptors (Lipinski definition) is 5. The van der Waals surface area contributed by atoms with Crippen LogP contribution in [0.4, 0.5) is 0 Å². The molecule has 1 heterocycles. The average Bonchev–Trinajstić information content (AvgIpc) is 2.30. The number of methoxy groups -OCH3 is 1. The second kappa shape index (κ2) is 7.97. The molecule has 1 aliphatic heterocycles. The van der Waals surface area contributed by atoms with E-state index >= 15 is 0 Å². The van der Waals surface area contributed by atoms with Crippen LogP contribution in [-0.4, -0.2) is 87.6 Å². The van der Waals surface area contributed by atoms with Gasteiger partial charge in [-0.05, 0) is 7.05 Å². The minimum Gasteiger partial charge on any atom is -0.395 e. The maximum Gasteiger partial charge on any atom is 0.0638 e. The van der Waals surface area contributed by atoms with E-state index in [4.69, 9.17) is 9.84 Å². The Morgan fingerprint density at radius 1 is 1.31 bits per heavy atom. The van der Waals surface area contributed by atoms with Gasteiger partial charge in [-0.2, -0.15) is 0 Å². The lowest BCUT2D eigenvalue weighted by atomic mass is 10.3. The highest BCUT2D eigenvalue weighted by Crippen LogP contribution is 1.97. The molecule has 5 nitrogen and oxygen atoms in total. The van der Waals surface area contributed by atoms with E-state index in [-0.39, 0.29) is 12.6 Å². The van der Waals surface area contributed by atoms with E-state index in [0.717, 1.165) is 39.3 Å². The van der Waals surface area contributed by atoms with Gasteiger partial charge in [0.05, 0.1) is 19.3 Å². The van der Waals surface area contributed by atoms with Crippen LogP contribution >= 0.6 is 0 Å². The number of hydrogen-bond donors (Lipinski definition) is 2. The summed E-state index contributed by atoms with van der Waals surface area (Å²) < 4.78 is 5.01. The number of aliphatic hydroxyl groups excluding tert-OH is 1. The molecule has 0 amide bonds. The topological polar surface area (TPSA) is 48.0 Å². The van der Waals surface area contributed by atoms with E-state index < -0.39 is 0 Å². The Bertz CT molecular complexity index is 173. The van der Waals surface area contributed by atoms with Gasteiger partial charge in [0.2, 0.25) is 0 Å². The monoisotopic (exact) mass is 231 g/mol. The molecule has 0 bridgehead atoms. The molecule has 1 unspecified atom stereocenters. The van der Waals surface area contributed by atoms with Crippen LogP contribution in [0, 0.1) is 0 Å². The van der Waals surface area contributed by atoms with Crippen molar-refractivity contribution in [1.82, 2.24) is 15.1 Å². The fourth-order valence-corrected chi connectivity index (χ4v) is 1.88. The summed E-state index contributed by atoms with van der Waals surface area (Å²) in [6.07, 6.45) is 0. The van der Waals surface area contributed by atoms with Crippen molar-refractivity contribution in [3.63, 3.8) is 0 Å². The van der Waals surface area contributed by atoms with Gasteiger partial charge in [0.25, 0.3) is 0 Å². The molecule has 0 spiro atoms. The molecule has 0 aromatic carbocycles. The maximum absolute atomic E-state index is 9.07.